The molecule has 1 N–H and O–H groups in total. The second-order valence-corrected chi connectivity index (χ2v) is 4.47. The lowest BCUT2D eigenvalue weighted by Crippen LogP contribution is -2.44. The normalized spacial score (nSPS) is 23.0. The molecule has 0 spiro atoms. The summed E-state index contributed by atoms with van der Waals surface area (Å²) in [6.07, 6.45) is -4.89. The monoisotopic (exact) mass is 286 g/mol. The summed E-state index contributed by atoms with van der Waals surface area (Å²) in [6, 6.07) is 8.01. The summed E-state index contributed by atoms with van der Waals surface area (Å²) >= 11 is 0. The van der Waals surface area contributed by atoms with Crippen molar-refractivity contribution in [1.29, 1.82) is 0 Å². The molecular formula is C14H10F4O2. The number of aliphatic carboxylic acids is 1. The van der Waals surface area contributed by atoms with Crippen molar-refractivity contribution in [2.45, 2.75) is 12.6 Å². The first-order valence-corrected chi connectivity index (χ1v) is 5.71. The number of rotatable bonds is 2. The highest BCUT2D eigenvalue weighted by atomic mass is 19.4. The molecule has 1 aromatic rings. The molecular weight excluding hydrogens is 276 g/mol. The molecule has 0 bridgehead atoms. The number of hydrogen-bond donors (Lipinski definition) is 1. The molecule has 106 valence electrons. The molecule has 2 rings (SSSR count). The zero-order valence-electron chi connectivity index (χ0n) is 10.1. The van der Waals surface area contributed by atoms with Gasteiger partial charge in [-0.1, -0.05) is 42.5 Å². The molecule has 20 heavy (non-hydrogen) atoms. The van der Waals surface area contributed by atoms with E-state index in [2.05, 4.69) is 0 Å². The Bertz CT molecular complexity index is 587. The van der Waals surface area contributed by atoms with E-state index in [1.807, 2.05) is 0 Å². The van der Waals surface area contributed by atoms with Gasteiger partial charge in [0.2, 0.25) is 0 Å². The molecule has 0 radical (unpaired) electrons. The first-order valence-electron chi connectivity index (χ1n) is 5.71. The Balaban J connectivity index is 2.45. The van der Waals surface area contributed by atoms with E-state index in [-0.39, 0.29) is 5.57 Å². The number of carbonyl (C=O) groups is 1. The molecule has 0 saturated carbocycles. The van der Waals surface area contributed by atoms with Gasteiger partial charge in [-0.15, -0.1) is 0 Å². The van der Waals surface area contributed by atoms with Crippen molar-refractivity contribution in [2.24, 2.45) is 5.41 Å². The van der Waals surface area contributed by atoms with Crippen LogP contribution in [0.5, 0.6) is 0 Å². The van der Waals surface area contributed by atoms with E-state index in [4.69, 9.17) is 5.11 Å². The SMILES string of the molecule is O=C(O)C1(C(F)(F)F)C=CC(c2ccccc2)=C(F)C1. The van der Waals surface area contributed by atoms with E-state index in [1.54, 1.807) is 30.3 Å². The van der Waals surface area contributed by atoms with Crippen molar-refractivity contribution in [3.8, 4) is 0 Å². The fourth-order valence-electron chi connectivity index (χ4n) is 2.05. The van der Waals surface area contributed by atoms with Crippen LogP contribution in [0.25, 0.3) is 5.57 Å². The summed E-state index contributed by atoms with van der Waals surface area (Å²) in [5.41, 5.74) is -2.82. The predicted octanol–water partition coefficient (Wildman–Crippen LogP) is 3.96. The summed E-state index contributed by atoms with van der Waals surface area (Å²) in [5, 5.41) is 8.84. The molecule has 2 nitrogen and oxygen atoms in total. The van der Waals surface area contributed by atoms with Gasteiger partial charge in [-0.2, -0.15) is 13.2 Å². The molecule has 1 unspecified atom stereocenters. The molecule has 6 heteroatoms. The Kier molecular flexibility index (Phi) is 3.41. The van der Waals surface area contributed by atoms with Crippen LogP contribution in [0.2, 0.25) is 0 Å². The molecule has 0 aliphatic heterocycles. The van der Waals surface area contributed by atoms with Crippen LogP contribution in [0.1, 0.15) is 12.0 Å². The van der Waals surface area contributed by atoms with Crippen molar-refractivity contribution < 1.29 is 27.5 Å². The minimum absolute atomic E-state index is 0.0216. The smallest absolute Gasteiger partial charge is 0.408 e. The predicted molar refractivity (Wildman–Crippen MR) is 64.4 cm³/mol. The standard InChI is InChI=1S/C14H10F4O2/c15-11-8-13(12(19)20,14(16,17)18)7-6-10(11)9-4-2-1-3-5-9/h1-7H,8H2,(H,19,20). The second-order valence-electron chi connectivity index (χ2n) is 4.47. The third-order valence-electron chi connectivity index (χ3n) is 3.23. The van der Waals surface area contributed by atoms with Gasteiger partial charge in [-0.05, 0) is 5.56 Å². The highest BCUT2D eigenvalue weighted by Crippen LogP contribution is 2.49. The average molecular weight is 286 g/mol. The maximum absolute atomic E-state index is 14.0. The largest absolute Gasteiger partial charge is 0.480 e. The van der Waals surface area contributed by atoms with E-state index >= 15 is 0 Å². The van der Waals surface area contributed by atoms with Gasteiger partial charge in [-0.25, -0.2) is 4.39 Å². The number of allylic oxidation sites excluding steroid dienone is 3. The van der Waals surface area contributed by atoms with Gasteiger partial charge < -0.3 is 5.11 Å². The third-order valence-corrected chi connectivity index (χ3v) is 3.23. The third kappa shape index (κ3) is 2.21. The van der Waals surface area contributed by atoms with Crippen molar-refractivity contribution >= 4 is 11.5 Å². The summed E-state index contributed by atoms with van der Waals surface area (Å²) in [7, 11) is 0. The number of halogens is 4. The van der Waals surface area contributed by atoms with Crippen LogP contribution in [0, 0.1) is 5.41 Å². The van der Waals surface area contributed by atoms with Crippen LogP contribution >= 0.6 is 0 Å². The van der Waals surface area contributed by atoms with E-state index in [0.29, 0.717) is 11.6 Å². The zero-order valence-corrected chi connectivity index (χ0v) is 10.1. The Labute approximate surface area is 112 Å². The minimum Gasteiger partial charge on any atom is -0.480 e. The molecule has 0 heterocycles. The first-order chi connectivity index (χ1) is 9.28. The van der Waals surface area contributed by atoms with Gasteiger partial charge in [0.1, 0.15) is 5.83 Å². The fourth-order valence-corrected chi connectivity index (χ4v) is 2.05. The van der Waals surface area contributed by atoms with Crippen LogP contribution in [-0.4, -0.2) is 17.3 Å². The van der Waals surface area contributed by atoms with Gasteiger partial charge in [0.15, 0.2) is 5.41 Å². The second kappa shape index (κ2) is 4.77. The molecule has 0 fully saturated rings. The lowest BCUT2D eigenvalue weighted by molar-refractivity contribution is -0.217. The number of alkyl halides is 3. The van der Waals surface area contributed by atoms with Crippen LogP contribution in [0.4, 0.5) is 17.6 Å². The summed E-state index contributed by atoms with van der Waals surface area (Å²) < 4.78 is 52.8. The van der Waals surface area contributed by atoms with Gasteiger partial charge in [0.25, 0.3) is 0 Å². The van der Waals surface area contributed by atoms with E-state index in [0.717, 1.165) is 6.08 Å². The number of hydrogen-bond acceptors (Lipinski definition) is 1. The number of benzene rings is 1. The summed E-state index contributed by atoms with van der Waals surface area (Å²) in [4.78, 5) is 11.0. The highest BCUT2D eigenvalue weighted by Gasteiger charge is 2.60. The minimum atomic E-state index is -5.06. The van der Waals surface area contributed by atoms with Crippen molar-refractivity contribution in [3.05, 3.63) is 53.9 Å². The maximum Gasteiger partial charge on any atom is 0.408 e. The fraction of sp³-hybridized carbons (Fsp3) is 0.214. The number of carboxylic acids is 1. The lowest BCUT2D eigenvalue weighted by Gasteiger charge is -2.31. The van der Waals surface area contributed by atoms with Crippen molar-refractivity contribution in [2.75, 3.05) is 0 Å². The molecule has 0 amide bonds. The van der Waals surface area contributed by atoms with Crippen LogP contribution < -0.4 is 0 Å². The Morgan fingerprint density at radius 2 is 1.80 bits per heavy atom. The molecule has 0 aromatic heterocycles. The lowest BCUT2D eigenvalue weighted by atomic mass is 9.77. The summed E-state index contributed by atoms with van der Waals surface area (Å²) in [5.74, 6) is -3.19. The van der Waals surface area contributed by atoms with Crippen molar-refractivity contribution in [1.82, 2.24) is 0 Å². The van der Waals surface area contributed by atoms with Crippen LogP contribution in [0.3, 0.4) is 0 Å². The quantitative estimate of drug-likeness (QED) is 0.835. The van der Waals surface area contributed by atoms with Gasteiger partial charge in [0, 0.05) is 12.0 Å². The summed E-state index contributed by atoms with van der Waals surface area (Å²) in [6.45, 7) is 0. The van der Waals surface area contributed by atoms with E-state index in [9.17, 15) is 22.4 Å². The Hall–Kier alpha value is -2.11. The van der Waals surface area contributed by atoms with Gasteiger partial charge in [-0.3, -0.25) is 4.79 Å². The zero-order chi connectivity index (χ0) is 15.0. The molecule has 1 atom stereocenters. The average Bonchev–Trinajstić information content (AvgIpc) is 2.38. The van der Waals surface area contributed by atoms with E-state index < -0.39 is 29.8 Å². The molecule has 0 saturated heterocycles. The Morgan fingerprint density at radius 3 is 2.25 bits per heavy atom. The molecule has 1 aliphatic rings. The van der Waals surface area contributed by atoms with Crippen molar-refractivity contribution in [3.63, 3.8) is 0 Å². The van der Waals surface area contributed by atoms with Gasteiger partial charge >= 0.3 is 12.1 Å². The first kappa shape index (κ1) is 14.3. The van der Waals surface area contributed by atoms with E-state index in [1.165, 1.54) is 0 Å². The van der Waals surface area contributed by atoms with Crippen LogP contribution in [0.15, 0.2) is 48.3 Å². The Morgan fingerprint density at radius 1 is 1.20 bits per heavy atom. The molecule has 1 aromatic carbocycles. The van der Waals surface area contributed by atoms with Gasteiger partial charge in [0.05, 0.1) is 0 Å². The topological polar surface area (TPSA) is 37.3 Å². The maximum atomic E-state index is 14.0. The molecule has 1 aliphatic carbocycles. The van der Waals surface area contributed by atoms with Crippen LogP contribution in [-0.2, 0) is 4.79 Å². The number of carboxylic acid groups (broad SMARTS) is 1. The highest BCUT2D eigenvalue weighted by molar-refractivity contribution is 5.85.